The number of anilines is 1. The summed E-state index contributed by atoms with van der Waals surface area (Å²) in [4.78, 5) is 18.3. The number of nitrogens with one attached hydrogen (secondary N) is 1. The van der Waals surface area contributed by atoms with Crippen LogP contribution < -0.4 is 15.0 Å². The van der Waals surface area contributed by atoms with E-state index >= 15 is 4.39 Å². The monoisotopic (exact) mass is 592 g/mol. The number of pyridine rings is 1. The van der Waals surface area contributed by atoms with Gasteiger partial charge in [0.2, 0.25) is 0 Å². The van der Waals surface area contributed by atoms with Crippen LogP contribution in [0.2, 0.25) is 5.15 Å². The number of hydrogen-bond donors (Lipinski definition) is 2. The predicted molar refractivity (Wildman–Crippen MR) is 158 cm³/mol. The molecule has 0 saturated carbocycles. The van der Waals surface area contributed by atoms with Crippen molar-refractivity contribution >= 4 is 39.1 Å². The minimum Gasteiger partial charge on any atom is -0.508 e. The van der Waals surface area contributed by atoms with Gasteiger partial charge in [-0.05, 0) is 55.1 Å². The summed E-state index contributed by atoms with van der Waals surface area (Å²) in [7, 11) is 0. The standard InChI is InChI=1S/C31H31ClF2N6O2/c32-28-25(34)27-24(26(36-28)23-11-21(41)10-17-4-1-2-5-22(17)23)29(39-14-19-6-7-20(15-39)35-19)38-30(37-27)42-16-31-8-3-9-40(31)13-18(33)12-31/h1-2,4-5,10-11,18-20,35,41H,3,6-9,12-16H2/t18-,19-,20+,31+/m1/s1. The molecule has 2 aromatic heterocycles. The van der Waals surface area contributed by atoms with Gasteiger partial charge in [-0.2, -0.15) is 9.97 Å². The fourth-order valence-electron chi connectivity index (χ4n) is 7.70. The molecular formula is C31H31ClF2N6O2. The van der Waals surface area contributed by atoms with Crippen molar-refractivity contribution in [1.29, 1.82) is 0 Å². The van der Waals surface area contributed by atoms with Crippen molar-refractivity contribution in [2.24, 2.45) is 0 Å². The quantitative estimate of drug-likeness (QED) is 0.304. The van der Waals surface area contributed by atoms with Gasteiger partial charge in [0.25, 0.3) is 0 Å². The van der Waals surface area contributed by atoms with Gasteiger partial charge in [0.05, 0.1) is 16.6 Å². The second-order valence-electron chi connectivity index (χ2n) is 12.2. The molecule has 2 N–H and O–H groups in total. The van der Waals surface area contributed by atoms with Crippen LogP contribution in [0.25, 0.3) is 32.9 Å². The van der Waals surface area contributed by atoms with E-state index in [0.717, 1.165) is 43.0 Å². The van der Waals surface area contributed by atoms with E-state index < -0.39 is 17.5 Å². The van der Waals surface area contributed by atoms with Gasteiger partial charge in [-0.1, -0.05) is 35.9 Å². The van der Waals surface area contributed by atoms with Crippen LogP contribution in [-0.4, -0.2) is 81.5 Å². The third-order valence-corrected chi connectivity index (χ3v) is 9.80. The fourth-order valence-corrected chi connectivity index (χ4v) is 7.88. The molecule has 2 bridgehead atoms. The van der Waals surface area contributed by atoms with Crippen LogP contribution in [0.1, 0.15) is 32.1 Å². The SMILES string of the molecule is Oc1cc(-c2nc(Cl)c(F)c3nc(OC[C@@]45CCCN4C[C@H](F)C5)nc(N4C[C@H]5CC[C@@H](C4)N5)c23)c2ccccc2c1. The fraction of sp³-hybridized carbons (Fsp3) is 0.452. The zero-order valence-electron chi connectivity index (χ0n) is 23.0. The molecule has 218 valence electrons. The lowest BCUT2D eigenvalue weighted by Gasteiger charge is -2.35. The molecule has 0 spiro atoms. The van der Waals surface area contributed by atoms with Crippen molar-refractivity contribution in [3.63, 3.8) is 0 Å². The van der Waals surface area contributed by atoms with Crippen molar-refractivity contribution in [3.8, 4) is 23.0 Å². The highest BCUT2D eigenvalue weighted by Crippen LogP contribution is 2.43. The Kier molecular flexibility index (Phi) is 6.17. The van der Waals surface area contributed by atoms with E-state index in [2.05, 4.69) is 25.1 Å². The summed E-state index contributed by atoms with van der Waals surface area (Å²) >= 11 is 6.43. The Morgan fingerprint density at radius 3 is 2.74 bits per heavy atom. The molecule has 4 aliphatic rings. The predicted octanol–water partition coefficient (Wildman–Crippen LogP) is 5.24. The Balaban J connectivity index is 1.31. The van der Waals surface area contributed by atoms with Gasteiger partial charge < -0.3 is 20.1 Å². The highest BCUT2D eigenvalue weighted by Gasteiger charge is 2.49. The Labute approximate surface area is 246 Å². The molecule has 6 heterocycles. The summed E-state index contributed by atoms with van der Waals surface area (Å²) in [5.74, 6) is -0.170. The number of piperazine rings is 1. The van der Waals surface area contributed by atoms with Crippen molar-refractivity contribution < 1.29 is 18.6 Å². The van der Waals surface area contributed by atoms with Crippen LogP contribution in [0.3, 0.4) is 0 Å². The topological polar surface area (TPSA) is 86.6 Å². The molecule has 11 heteroatoms. The number of benzene rings is 2. The number of nitrogens with zero attached hydrogens (tertiary/aromatic N) is 5. The third kappa shape index (κ3) is 4.26. The van der Waals surface area contributed by atoms with Crippen LogP contribution >= 0.6 is 11.6 Å². The zero-order chi connectivity index (χ0) is 28.6. The Morgan fingerprint density at radius 1 is 1.10 bits per heavy atom. The minimum atomic E-state index is -0.889. The molecule has 0 aliphatic carbocycles. The lowest BCUT2D eigenvalue weighted by molar-refractivity contribution is 0.107. The molecular weight excluding hydrogens is 562 g/mol. The summed E-state index contributed by atoms with van der Waals surface area (Å²) in [5, 5.41) is 16.0. The number of rotatable bonds is 5. The van der Waals surface area contributed by atoms with Crippen molar-refractivity contribution in [1.82, 2.24) is 25.2 Å². The van der Waals surface area contributed by atoms with E-state index in [-0.39, 0.29) is 29.0 Å². The van der Waals surface area contributed by atoms with E-state index in [0.29, 0.717) is 60.6 Å². The van der Waals surface area contributed by atoms with E-state index in [1.165, 1.54) is 0 Å². The molecule has 4 saturated heterocycles. The Bertz CT molecular complexity index is 1710. The van der Waals surface area contributed by atoms with Crippen molar-refractivity contribution in [3.05, 3.63) is 47.4 Å². The van der Waals surface area contributed by atoms with Crippen molar-refractivity contribution in [2.45, 2.75) is 55.9 Å². The van der Waals surface area contributed by atoms with E-state index in [4.69, 9.17) is 21.3 Å². The average Bonchev–Trinajstić information content (AvgIpc) is 3.63. The summed E-state index contributed by atoms with van der Waals surface area (Å²) in [6.07, 6.45) is 3.46. The molecule has 2 aromatic carbocycles. The number of hydrogen-bond acceptors (Lipinski definition) is 8. The van der Waals surface area contributed by atoms with Gasteiger partial charge in [0.15, 0.2) is 11.0 Å². The van der Waals surface area contributed by atoms with Crippen LogP contribution in [0.4, 0.5) is 14.6 Å². The molecule has 8 nitrogen and oxygen atoms in total. The van der Waals surface area contributed by atoms with Gasteiger partial charge in [-0.3, -0.25) is 4.90 Å². The molecule has 4 fully saturated rings. The van der Waals surface area contributed by atoms with Crippen molar-refractivity contribution in [2.75, 3.05) is 37.7 Å². The van der Waals surface area contributed by atoms with Crippen LogP contribution in [-0.2, 0) is 0 Å². The average molecular weight is 593 g/mol. The lowest BCUT2D eigenvalue weighted by atomic mass is 9.95. The maximum absolute atomic E-state index is 15.9. The molecule has 4 aliphatic heterocycles. The maximum Gasteiger partial charge on any atom is 0.319 e. The highest BCUT2D eigenvalue weighted by atomic mass is 35.5. The van der Waals surface area contributed by atoms with E-state index in [1.54, 1.807) is 12.1 Å². The van der Waals surface area contributed by atoms with Gasteiger partial charge in [-0.25, -0.2) is 13.8 Å². The number of phenolic OH excluding ortho intramolecular Hbond substituents is 1. The van der Waals surface area contributed by atoms with Gasteiger partial charge in [0.1, 0.15) is 29.9 Å². The molecule has 4 atom stereocenters. The summed E-state index contributed by atoms with van der Waals surface area (Å²) in [6.45, 7) is 2.86. The number of fused-ring (bicyclic) bond motifs is 5. The summed E-state index contributed by atoms with van der Waals surface area (Å²) in [5.41, 5.74) is 0.618. The number of halogens is 3. The first-order valence-electron chi connectivity index (χ1n) is 14.7. The normalized spacial score (nSPS) is 27.3. The first-order valence-corrected chi connectivity index (χ1v) is 15.1. The smallest absolute Gasteiger partial charge is 0.319 e. The first kappa shape index (κ1) is 26.3. The number of alkyl halides is 1. The zero-order valence-corrected chi connectivity index (χ0v) is 23.7. The molecule has 8 rings (SSSR count). The Morgan fingerprint density at radius 2 is 1.90 bits per heavy atom. The Hall–Kier alpha value is -3.34. The second-order valence-corrected chi connectivity index (χ2v) is 12.6. The summed E-state index contributed by atoms with van der Waals surface area (Å²) in [6, 6.07) is 11.6. The van der Waals surface area contributed by atoms with Crippen LogP contribution in [0, 0.1) is 5.82 Å². The highest BCUT2D eigenvalue weighted by molar-refractivity contribution is 6.30. The largest absolute Gasteiger partial charge is 0.508 e. The number of aromatic hydroxyl groups is 1. The molecule has 0 radical (unpaired) electrons. The van der Waals surface area contributed by atoms with Crippen LogP contribution in [0.15, 0.2) is 36.4 Å². The molecule has 0 unspecified atom stereocenters. The minimum absolute atomic E-state index is 0.0128. The number of ether oxygens (including phenoxy) is 1. The number of phenols is 1. The van der Waals surface area contributed by atoms with Gasteiger partial charge in [-0.15, -0.1) is 0 Å². The maximum atomic E-state index is 15.9. The van der Waals surface area contributed by atoms with E-state index in [9.17, 15) is 9.50 Å². The molecule has 0 amide bonds. The lowest BCUT2D eigenvalue weighted by Crippen LogP contribution is -2.51. The molecule has 4 aromatic rings. The number of aromatic nitrogens is 3. The van der Waals surface area contributed by atoms with Gasteiger partial charge in [0, 0.05) is 43.7 Å². The second kappa shape index (κ2) is 9.86. The first-order chi connectivity index (χ1) is 20.4. The van der Waals surface area contributed by atoms with Gasteiger partial charge >= 0.3 is 6.01 Å². The van der Waals surface area contributed by atoms with E-state index in [1.807, 2.05) is 24.3 Å². The molecule has 42 heavy (non-hydrogen) atoms. The third-order valence-electron chi connectivity index (χ3n) is 9.55. The van der Waals surface area contributed by atoms with Crippen LogP contribution in [0.5, 0.6) is 11.8 Å². The summed E-state index contributed by atoms with van der Waals surface area (Å²) < 4.78 is 36.6.